The third-order valence-electron chi connectivity index (χ3n) is 3.82. The molecule has 1 aromatic carbocycles. The number of aliphatic hydroxyl groups is 2. The first-order chi connectivity index (χ1) is 9.41. The second-order valence-electron chi connectivity index (χ2n) is 5.58. The SMILES string of the molecule is CC(O)c1ccc(N(C)CC2(O)CCOCC2)c(Cl)c1. The fraction of sp³-hybridized carbons (Fsp3) is 0.600. The molecule has 1 atom stereocenters. The Morgan fingerprint density at radius 2 is 2.05 bits per heavy atom. The highest BCUT2D eigenvalue weighted by atomic mass is 35.5. The van der Waals surface area contributed by atoms with Gasteiger partial charge in [-0.2, -0.15) is 0 Å². The van der Waals surface area contributed by atoms with E-state index < -0.39 is 11.7 Å². The molecule has 1 fully saturated rings. The molecule has 1 unspecified atom stereocenters. The molecule has 4 nitrogen and oxygen atoms in total. The number of halogens is 1. The van der Waals surface area contributed by atoms with Crippen LogP contribution in [0.25, 0.3) is 0 Å². The largest absolute Gasteiger partial charge is 0.389 e. The van der Waals surface area contributed by atoms with E-state index >= 15 is 0 Å². The fourth-order valence-electron chi connectivity index (χ4n) is 2.53. The van der Waals surface area contributed by atoms with Gasteiger partial charge in [0.2, 0.25) is 0 Å². The van der Waals surface area contributed by atoms with Gasteiger partial charge in [-0.25, -0.2) is 0 Å². The van der Waals surface area contributed by atoms with Crippen LogP contribution < -0.4 is 4.90 Å². The first-order valence-corrected chi connectivity index (χ1v) is 7.28. The summed E-state index contributed by atoms with van der Waals surface area (Å²) < 4.78 is 5.29. The number of benzene rings is 1. The van der Waals surface area contributed by atoms with Crippen LogP contribution in [0.5, 0.6) is 0 Å². The highest BCUT2D eigenvalue weighted by molar-refractivity contribution is 6.33. The lowest BCUT2D eigenvalue weighted by Gasteiger charge is -2.36. The minimum atomic E-state index is -0.723. The second-order valence-corrected chi connectivity index (χ2v) is 5.99. The quantitative estimate of drug-likeness (QED) is 0.896. The second kappa shape index (κ2) is 6.31. The van der Waals surface area contributed by atoms with Crippen LogP contribution in [0.3, 0.4) is 0 Å². The molecule has 1 aliphatic heterocycles. The average Bonchev–Trinajstić information content (AvgIpc) is 2.38. The third-order valence-corrected chi connectivity index (χ3v) is 4.12. The van der Waals surface area contributed by atoms with Crippen LogP contribution in [-0.4, -0.2) is 42.6 Å². The van der Waals surface area contributed by atoms with Crippen molar-refractivity contribution in [3.8, 4) is 0 Å². The number of ether oxygens (including phenoxy) is 1. The van der Waals surface area contributed by atoms with E-state index in [2.05, 4.69) is 0 Å². The van der Waals surface area contributed by atoms with Crippen molar-refractivity contribution in [2.24, 2.45) is 0 Å². The van der Waals surface area contributed by atoms with E-state index in [0.717, 1.165) is 11.3 Å². The van der Waals surface area contributed by atoms with Gasteiger partial charge in [0.05, 0.1) is 22.4 Å². The van der Waals surface area contributed by atoms with E-state index in [-0.39, 0.29) is 0 Å². The van der Waals surface area contributed by atoms with Gasteiger partial charge in [-0.3, -0.25) is 0 Å². The molecule has 0 saturated carbocycles. The van der Waals surface area contributed by atoms with Gasteiger partial charge in [0.15, 0.2) is 0 Å². The predicted molar refractivity (Wildman–Crippen MR) is 80.4 cm³/mol. The van der Waals surface area contributed by atoms with Crippen molar-refractivity contribution in [3.05, 3.63) is 28.8 Å². The van der Waals surface area contributed by atoms with Gasteiger partial charge in [-0.15, -0.1) is 0 Å². The molecule has 0 radical (unpaired) electrons. The Kier molecular flexibility index (Phi) is 4.91. The van der Waals surface area contributed by atoms with Gasteiger partial charge < -0.3 is 19.8 Å². The maximum absolute atomic E-state index is 10.5. The molecule has 0 spiro atoms. The zero-order valence-corrected chi connectivity index (χ0v) is 12.7. The van der Waals surface area contributed by atoms with E-state index in [1.54, 1.807) is 13.0 Å². The van der Waals surface area contributed by atoms with Crippen LogP contribution in [0.15, 0.2) is 18.2 Å². The maximum Gasteiger partial charge on any atom is 0.0865 e. The minimum Gasteiger partial charge on any atom is -0.389 e. The van der Waals surface area contributed by atoms with Crippen LogP contribution in [0, 0.1) is 0 Å². The van der Waals surface area contributed by atoms with Crippen molar-refractivity contribution >= 4 is 17.3 Å². The molecule has 2 N–H and O–H groups in total. The van der Waals surface area contributed by atoms with Gasteiger partial charge in [0, 0.05) is 39.6 Å². The standard InChI is InChI=1S/C15H22ClNO3/c1-11(18)12-3-4-14(13(16)9-12)17(2)10-15(19)5-7-20-8-6-15/h3-4,9,11,18-19H,5-8,10H2,1-2H3. The molecular formula is C15H22ClNO3. The number of hydrogen-bond donors (Lipinski definition) is 2. The molecule has 112 valence electrons. The zero-order valence-electron chi connectivity index (χ0n) is 12.0. The summed E-state index contributed by atoms with van der Waals surface area (Å²) in [5, 5.41) is 20.7. The van der Waals surface area contributed by atoms with Crippen molar-refractivity contribution in [1.29, 1.82) is 0 Å². The molecule has 0 amide bonds. The minimum absolute atomic E-state index is 0.518. The Bertz CT molecular complexity index is 458. The predicted octanol–water partition coefficient (Wildman–Crippen LogP) is 2.37. The van der Waals surface area contributed by atoms with Gasteiger partial charge in [-0.05, 0) is 24.6 Å². The molecule has 1 aliphatic rings. The number of nitrogens with zero attached hydrogens (tertiary/aromatic N) is 1. The summed E-state index contributed by atoms with van der Waals surface area (Å²) >= 11 is 6.27. The first-order valence-electron chi connectivity index (χ1n) is 6.90. The molecule has 2 rings (SSSR count). The maximum atomic E-state index is 10.5. The molecule has 5 heteroatoms. The lowest BCUT2D eigenvalue weighted by molar-refractivity contribution is -0.0572. The highest BCUT2D eigenvalue weighted by Gasteiger charge is 2.31. The van der Waals surface area contributed by atoms with Crippen LogP contribution >= 0.6 is 11.6 Å². The summed E-state index contributed by atoms with van der Waals surface area (Å²) in [7, 11) is 1.91. The lowest BCUT2D eigenvalue weighted by atomic mass is 9.93. The summed E-state index contributed by atoms with van der Waals surface area (Å²) in [5.41, 5.74) is 0.923. The van der Waals surface area contributed by atoms with Crippen LogP contribution in [0.4, 0.5) is 5.69 Å². The van der Waals surface area contributed by atoms with E-state index in [1.165, 1.54) is 0 Å². The topological polar surface area (TPSA) is 52.9 Å². The smallest absolute Gasteiger partial charge is 0.0865 e. The number of aliphatic hydroxyl groups excluding tert-OH is 1. The molecular weight excluding hydrogens is 278 g/mol. The average molecular weight is 300 g/mol. The van der Waals surface area contributed by atoms with Crippen LogP contribution in [0.1, 0.15) is 31.4 Å². The van der Waals surface area contributed by atoms with Gasteiger partial charge in [-0.1, -0.05) is 17.7 Å². The Labute approximate surface area is 124 Å². The summed E-state index contributed by atoms with van der Waals surface area (Å²) in [6.07, 6.45) is 0.744. The Hall–Kier alpha value is -0.810. The first kappa shape index (κ1) is 15.6. The number of anilines is 1. The summed E-state index contributed by atoms with van der Waals surface area (Å²) in [6.45, 7) is 3.42. The normalized spacial score (nSPS) is 19.6. The Morgan fingerprint density at radius 3 is 2.60 bits per heavy atom. The van der Waals surface area contributed by atoms with Crippen molar-refractivity contribution in [2.45, 2.75) is 31.5 Å². The molecule has 0 aliphatic carbocycles. The van der Waals surface area contributed by atoms with E-state index in [9.17, 15) is 10.2 Å². The van der Waals surface area contributed by atoms with E-state index in [0.29, 0.717) is 37.6 Å². The van der Waals surface area contributed by atoms with Crippen molar-refractivity contribution in [3.63, 3.8) is 0 Å². The van der Waals surface area contributed by atoms with Crippen LogP contribution in [0.2, 0.25) is 5.02 Å². The van der Waals surface area contributed by atoms with Crippen LogP contribution in [-0.2, 0) is 4.74 Å². The number of rotatable bonds is 4. The van der Waals surface area contributed by atoms with Crippen molar-refractivity contribution < 1.29 is 14.9 Å². The van der Waals surface area contributed by atoms with E-state index in [1.807, 2.05) is 24.1 Å². The highest BCUT2D eigenvalue weighted by Crippen LogP contribution is 2.30. The zero-order chi connectivity index (χ0) is 14.8. The monoisotopic (exact) mass is 299 g/mol. The molecule has 1 saturated heterocycles. The Balaban J connectivity index is 2.10. The molecule has 20 heavy (non-hydrogen) atoms. The molecule has 0 bridgehead atoms. The number of hydrogen-bond acceptors (Lipinski definition) is 4. The summed E-state index contributed by atoms with van der Waals surface area (Å²) in [5.74, 6) is 0. The van der Waals surface area contributed by atoms with E-state index in [4.69, 9.17) is 16.3 Å². The fourth-order valence-corrected chi connectivity index (χ4v) is 2.86. The van der Waals surface area contributed by atoms with Crippen molar-refractivity contribution in [1.82, 2.24) is 0 Å². The molecule has 1 heterocycles. The van der Waals surface area contributed by atoms with Crippen molar-refractivity contribution in [2.75, 3.05) is 31.7 Å². The molecule has 1 aromatic rings. The third kappa shape index (κ3) is 3.64. The van der Waals surface area contributed by atoms with Gasteiger partial charge in [0.1, 0.15) is 0 Å². The Morgan fingerprint density at radius 1 is 1.40 bits per heavy atom. The lowest BCUT2D eigenvalue weighted by Crippen LogP contribution is -2.45. The summed E-state index contributed by atoms with van der Waals surface area (Å²) in [4.78, 5) is 1.96. The summed E-state index contributed by atoms with van der Waals surface area (Å²) in [6, 6.07) is 5.51. The molecule has 0 aromatic heterocycles. The van der Waals surface area contributed by atoms with Gasteiger partial charge >= 0.3 is 0 Å². The number of likely N-dealkylation sites (N-methyl/N-ethyl adjacent to an activating group) is 1. The van der Waals surface area contributed by atoms with Gasteiger partial charge in [0.25, 0.3) is 0 Å².